The van der Waals surface area contributed by atoms with E-state index < -0.39 is 14.8 Å². The van der Waals surface area contributed by atoms with Gasteiger partial charge in [0.15, 0.2) is 0 Å². The van der Waals surface area contributed by atoms with E-state index in [1.165, 1.54) is 0 Å². The van der Waals surface area contributed by atoms with Crippen LogP contribution in [-0.4, -0.2) is 30.9 Å². The fraction of sp³-hybridized carbons (Fsp3) is 1.00. The van der Waals surface area contributed by atoms with Gasteiger partial charge in [-0.25, -0.2) is 13.1 Å². The molecule has 0 aromatic carbocycles. The number of sulfonamides is 1. The monoisotopic (exact) mass is 223 g/mol. The first kappa shape index (κ1) is 13.9. The van der Waals surface area contributed by atoms with Crippen molar-refractivity contribution in [2.24, 2.45) is 0 Å². The molecule has 2 N–H and O–H groups in total. The third-order valence-corrected chi connectivity index (χ3v) is 4.09. The minimum absolute atomic E-state index is 0.367. The van der Waals surface area contributed by atoms with Crippen molar-refractivity contribution in [2.75, 3.05) is 6.54 Å². The molecule has 0 bridgehead atoms. The summed E-state index contributed by atoms with van der Waals surface area (Å²) in [6.07, 6.45) is 0.911. The number of rotatable bonds is 5. The fourth-order valence-corrected chi connectivity index (χ4v) is 1.67. The fourth-order valence-electron chi connectivity index (χ4n) is 0.821. The summed E-state index contributed by atoms with van der Waals surface area (Å²) in [7, 11) is -3.23. The van der Waals surface area contributed by atoms with Crippen LogP contribution in [0.25, 0.3) is 0 Å². The Labute approximate surface area is 86.8 Å². The van der Waals surface area contributed by atoms with Gasteiger partial charge in [0.2, 0.25) is 10.0 Å². The van der Waals surface area contributed by atoms with E-state index in [2.05, 4.69) is 4.72 Å². The Morgan fingerprint density at radius 3 is 2.21 bits per heavy atom. The summed E-state index contributed by atoms with van der Waals surface area (Å²) >= 11 is 0. The summed E-state index contributed by atoms with van der Waals surface area (Å²) in [4.78, 5) is 0. The first-order valence-corrected chi connectivity index (χ1v) is 6.32. The van der Waals surface area contributed by atoms with Gasteiger partial charge in [-0.05, 0) is 40.5 Å². The van der Waals surface area contributed by atoms with Crippen molar-refractivity contribution < 1.29 is 13.5 Å². The Kier molecular flexibility index (Phi) is 5.05. The van der Waals surface area contributed by atoms with Gasteiger partial charge >= 0.3 is 0 Å². The minimum atomic E-state index is -3.23. The molecule has 5 heteroatoms. The van der Waals surface area contributed by atoms with Crippen molar-refractivity contribution in [1.29, 1.82) is 0 Å². The van der Waals surface area contributed by atoms with Crippen LogP contribution in [-0.2, 0) is 10.0 Å². The van der Waals surface area contributed by atoms with E-state index in [1.54, 1.807) is 27.7 Å². The van der Waals surface area contributed by atoms with Gasteiger partial charge in [0, 0.05) is 6.54 Å². The molecule has 0 heterocycles. The molecule has 0 aliphatic heterocycles. The smallest absolute Gasteiger partial charge is 0.216 e. The van der Waals surface area contributed by atoms with Gasteiger partial charge in [-0.2, -0.15) is 0 Å². The van der Waals surface area contributed by atoms with Crippen LogP contribution in [0.3, 0.4) is 0 Å². The number of aliphatic hydroxyl groups excluding tert-OH is 1. The Hall–Kier alpha value is -0.130. The van der Waals surface area contributed by atoms with Crippen LogP contribution in [0, 0.1) is 0 Å². The van der Waals surface area contributed by atoms with E-state index in [-0.39, 0.29) is 6.10 Å². The molecule has 0 saturated heterocycles. The maximum absolute atomic E-state index is 11.5. The second-order valence-corrected chi connectivity index (χ2v) is 7.02. The van der Waals surface area contributed by atoms with Gasteiger partial charge < -0.3 is 5.11 Å². The molecule has 0 spiro atoms. The summed E-state index contributed by atoms with van der Waals surface area (Å²) in [5.41, 5.74) is 0. The average Bonchev–Trinajstić information content (AvgIpc) is 1.95. The first-order chi connectivity index (χ1) is 6.17. The number of aliphatic hydroxyl groups is 1. The molecule has 0 aliphatic rings. The topological polar surface area (TPSA) is 66.4 Å². The van der Waals surface area contributed by atoms with Crippen LogP contribution in [0.4, 0.5) is 0 Å². The second kappa shape index (κ2) is 5.09. The molecule has 14 heavy (non-hydrogen) atoms. The Morgan fingerprint density at radius 2 is 1.86 bits per heavy atom. The highest BCUT2D eigenvalue weighted by Gasteiger charge is 2.27. The highest BCUT2D eigenvalue weighted by atomic mass is 32.2. The molecule has 0 aromatic rings. The van der Waals surface area contributed by atoms with Crippen molar-refractivity contribution in [1.82, 2.24) is 4.72 Å². The van der Waals surface area contributed by atoms with E-state index in [0.29, 0.717) is 19.4 Å². The highest BCUT2D eigenvalue weighted by molar-refractivity contribution is 7.90. The molecule has 86 valence electrons. The summed E-state index contributed by atoms with van der Waals surface area (Å²) in [6.45, 7) is 7.06. The second-order valence-electron chi connectivity index (χ2n) is 4.50. The molecule has 0 radical (unpaired) electrons. The molecule has 0 amide bonds. The zero-order valence-electron chi connectivity index (χ0n) is 9.37. The maximum atomic E-state index is 11.5. The van der Waals surface area contributed by atoms with Gasteiger partial charge in [-0.1, -0.05) is 0 Å². The summed E-state index contributed by atoms with van der Waals surface area (Å²) in [6, 6.07) is 0. The lowest BCUT2D eigenvalue weighted by Gasteiger charge is -2.19. The quantitative estimate of drug-likeness (QED) is 0.679. The largest absolute Gasteiger partial charge is 0.393 e. The molecule has 4 nitrogen and oxygen atoms in total. The van der Waals surface area contributed by atoms with Gasteiger partial charge in [0.25, 0.3) is 0 Å². The third kappa shape index (κ3) is 4.93. The number of hydrogen-bond acceptors (Lipinski definition) is 3. The van der Waals surface area contributed by atoms with Crippen molar-refractivity contribution in [3.63, 3.8) is 0 Å². The van der Waals surface area contributed by atoms with Crippen LogP contribution in [0.2, 0.25) is 0 Å². The molecule has 0 aromatic heterocycles. The molecular weight excluding hydrogens is 202 g/mol. The molecule has 1 unspecified atom stereocenters. The van der Waals surface area contributed by atoms with Crippen molar-refractivity contribution >= 4 is 10.0 Å². The third-order valence-electron chi connectivity index (χ3n) is 1.90. The van der Waals surface area contributed by atoms with E-state index in [0.717, 1.165) is 0 Å². The van der Waals surface area contributed by atoms with Gasteiger partial charge in [-0.3, -0.25) is 0 Å². The highest BCUT2D eigenvalue weighted by Crippen LogP contribution is 2.12. The average molecular weight is 223 g/mol. The lowest BCUT2D eigenvalue weighted by Crippen LogP contribution is -2.39. The van der Waals surface area contributed by atoms with Crippen LogP contribution < -0.4 is 4.72 Å². The SMILES string of the molecule is CC(O)CCCNS(=O)(=O)C(C)(C)C. The van der Waals surface area contributed by atoms with Crippen molar-refractivity contribution in [3.05, 3.63) is 0 Å². The number of nitrogens with one attached hydrogen (secondary N) is 1. The molecule has 0 fully saturated rings. The summed E-state index contributed by atoms with van der Waals surface area (Å²) in [5.74, 6) is 0. The van der Waals surface area contributed by atoms with Crippen LogP contribution in [0.1, 0.15) is 40.5 Å². The van der Waals surface area contributed by atoms with E-state index in [4.69, 9.17) is 5.11 Å². The van der Waals surface area contributed by atoms with Crippen LogP contribution >= 0.6 is 0 Å². The van der Waals surface area contributed by atoms with Crippen molar-refractivity contribution in [2.45, 2.75) is 51.4 Å². The predicted octanol–water partition coefficient (Wildman–Crippen LogP) is 0.865. The van der Waals surface area contributed by atoms with Gasteiger partial charge in [0.05, 0.1) is 10.9 Å². The number of hydrogen-bond donors (Lipinski definition) is 2. The lowest BCUT2D eigenvalue weighted by atomic mass is 10.2. The minimum Gasteiger partial charge on any atom is -0.393 e. The molecule has 0 rings (SSSR count). The Bertz CT molecular complexity index is 252. The van der Waals surface area contributed by atoms with E-state index >= 15 is 0 Å². The van der Waals surface area contributed by atoms with Crippen molar-refractivity contribution in [3.8, 4) is 0 Å². The zero-order valence-corrected chi connectivity index (χ0v) is 10.2. The van der Waals surface area contributed by atoms with E-state index in [1.807, 2.05) is 0 Å². The normalized spacial score (nSPS) is 15.5. The summed E-state index contributed by atoms with van der Waals surface area (Å²) in [5, 5.41) is 8.96. The van der Waals surface area contributed by atoms with E-state index in [9.17, 15) is 8.42 Å². The lowest BCUT2D eigenvalue weighted by molar-refractivity contribution is 0.182. The zero-order chi connectivity index (χ0) is 11.4. The predicted molar refractivity (Wildman–Crippen MR) is 57.6 cm³/mol. The first-order valence-electron chi connectivity index (χ1n) is 4.84. The van der Waals surface area contributed by atoms with Gasteiger partial charge in [-0.15, -0.1) is 0 Å². The summed E-state index contributed by atoms with van der Waals surface area (Å²) < 4.78 is 24.8. The maximum Gasteiger partial charge on any atom is 0.216 e. The molecular formula is C9H21NO3S. The molecule has 0 aliphatic carbocycles. The van der Waals surface area contributed by atoms with Crippen LogP contribution in [0.15, 0.2) is 0 Å². The Balaban J connectivity index is 3.91. The Morgan fingerprint density at radius 1 is 1.36 bits per heavy atom. The molecule has 0 saturated carbocycles. The van der Waals surface area contributed by atoms with Crippen LogP contribution in [0.5, 0.6) is 0 Å². The van der Waals surface area contributed by atoms with Gasteiger partial charge in [0.1, 0.15) is 0 Å². The molecule has 1 atom stereocenters. The standard InChI is InChI=1S/C9H21NO3S/c1-8(11)6-5-7-10-14(12,13)9(2,3)4/h8,10-11H,5-7H2,1-4H3.